The number of anilines is 1. The Balaban J connectivity index is 2.02. The van der Waals surface area contributed by atoms with Gasteiger partial charge in [-0.3, -0.25) is 14.3 Å². The predicted octanol–water partition coefficient (Wildman–Crippen LogP) is 2.21. The van der Waals surface area contributed by atoms with Crippen LogP contribution in [0.25, 0.3) is 0 Å². The van der Waals surface area contributed by atoms with Gasteiger partial charge in [-0.05, 0) is 19.1 Å². The van der Waals surface area contributed by atoms with Crippen molar-refractivity contribution in [1.82, 2.24) is 9.78 Å². The normalized spacial score (nSPS) is 10.1. The summed E-state index contributed by atoms with van der Waals surface area (Å²) in [7, 11) is 3.12. The number of Topliss-reactive ketones (excluding diaryl/α,β-unsaturated/α-hetero) is 1. The molecule has 1 amide bonds. The smallest absolute Gasteiger partial charge is 0.226 e. The SMILES string of the molecule is COc1ccc(C)cc1C(=O)CCC(=O)Nc1c(C#N)cnn1C. The maximum absolute atomic E-state index is 12.3. The summed E-state index contributed by atoms with van der Waals surface area (Å²) in [4.78, 5) is 24.4. The first kappa shape index (κ1) is 17.2. The van der Waals surface area contributed by atoms with Gasteiger partial charge in [0.1, 0.15) is 23.2 Å². The molecular weight excluding hydrogens is 308 g/mol. The molecule has 2 aromatic rings. The Morgan fingerprint density at radius 2 is 2.12 bits per heavy atom. The average Bonchev–Trinajstić information content (AvgIpc) is 2.92. The van der Waals surface area contributed by atoms with E-state index in [1.807, 2.05) is 19.1 Å². The predicted molar refractivity (Wildman–Crippen MR) is 87.8 cm³/mol. The van der Waals surface area contributed by atoms with Gasteiger partial charge in [-0.2, -0.15) is 10.4 Å². The Labute approximate surface area is 139 Å². The number of hydrogen-bond acceptors (Lipinski definition) is 5. The van der Waals surface area contributed by atoms with E-state index in [1.165, 1.54) is 18.0 Å². The van der Waals surface area contributed by atoms with Crippen LogP contribution in [0.4, 0.5) is 5.82 Å². The fourth-order valence-corrected chi connectivity index (χ4v) is 2.26. The van der Waals surface area contributed by atoms with E-state index < -0.39 is 0 Å². The van der Waals surface area contributed by atoms with E-state index in [0.29, 0.717) is 17.1 Å². The summed E-state index contributed by atoms with van der Waals surface area (Å²) < 4.78 is 6.60. The summed E-state index contributed by atoms with van der Waals surface area (Å²) in [6.07, 6.45) is 1.43. The van der Waals surface area contributed by atoms with Gasteiger partial charge in [-0.15, -0.1) is 0 Å². The van der Waals surface area contributed by atoms with Crippen LogP contribution >= 0.6 is 0 Å². The largest absolute Gasteiger partial charge is 0.496 e. The lowest BCUT2D eigenvalue weighted by Crippen LogP contribution is -2.16. The summed E-state index contributed by atoms with van der Waals surface area (Å²) in [5.74, 6) is 0.291. The van der Waals surface area contributed by atoms with E-state index in [9.17, 15) is 9.59 Å². The Morgan fingerprint density at radius 3 is 2.79 bits per heavy atom. The highest BCUT2D eigenvalue weighted by Gasteiger charge is 2.16. The van der Waals surface area contributed by atoms with Gasteiger partial charge in [0.25, 0.3) is 0 Å². The van der Waals surface area contributed by atoms with Gasteiger partial charge >= 0.3 is 0 Å². The number of benzene rings is 1. The Hall–Kier alpha value is -3.14. The molecule has 0 aliphatic heterocycles. The minimum atomic E-state index is -0.352. The van der Waals surface area contributed by atoms with Crippen molar-refractivity contribution < 1.29 is 14.3 Å². The minimum absolute atomic E-state index is 0.00593. The number of aromatic nitrogens is 2. The number of ether oxygens (including phenoxy) is 1. The molecule has 0 bridgehead atoms. The summed E-state index contributed by atoms with van der Waals surface area (Å²) in [5.41, 5.74) is 1.68. The molecule has 0 saturated carbocycles. The number of nitriles is 1. The van der Waals surface area contributed by atoms with Crippen molar-refractivity contribution in [2.24, 2.45) is 7.05 Å². The molecule has 7 nitrogen and oxygen atoms in total. The van der Waals surface area contributed by atoms with Gasteiger partial charge in [0.15, 0.2) is 5.78 Å². The van der Waals surface area contributed by atoms with Crippen molar-refractivity contribution in [1.29, 1.82) is 5.26 Å². The zero-order chi connectivity index (χ0) is 17.7. The van der Waals surface area contributed by atoms with Crippen LogP contribution in [0.5, 0.6) is 5.75 Å². The van der Waals surface area contributed by atoms with Crippen LogP contribution in [0.2, 0.25) is 0 Å². The van der Waals surface area contributed by atoms with Crippen LogP contribution in [0, 0.1) is 18.3 Å². The van der Waals surface area contributed by atoms with Crippen molar-refractivity contribution >= 4 is 17.5 Å². The summed E-state index contributed by atoms with van der Waals surface area (Å²) >= 11 is 0. The molecule has 1 heterocycles. The van der Waals surface area contributed by atoms with Crippen molar-refractivity contribution in [2.75, 3.05) is 12.4 Å². The molecule has 1 aromatic heterocycles. The molecule has 1 aromatic carbocycles. The molecule has 0 radical (unpaired) electrons. The zero-order valence-corrected chi connectivity index (χ0v) is 13.8. The second-order valence-electron chi connectivity index (χ2n) is 5.32. The highest BCUT2D eigenvalue weighted by molar-refractivity contribution is 6.01. The first-order valence-electron chi connectivity index (χ1n) is 7.36. The Kier molecular flexibility index (Phi) is 5.32. The highest BCUT2D eigenvalue weighted by atomic mass is 16.5. The third kappa shape index (κ3) is 3.79. The minimum Gasteiger partial charge on any atom is -0.496 e. The number of rotatable bonds is 6. The van der Waals surface area contributed by atoms with E-state index in [1.54, 1.807) is 19.2 Å². The number of hydrogen-bond donors (Lipinski definition) is 1. The molecule has 0 fully saturated rings. The van der Waals surface area contributed by atoms with Crippen LogP contribution in [0.3, 0.4) is 0 Å². The van der Waals surface area contributed by atoms with Gasteiger partial charge in [-0.25, -0.2) is 0 Å². The maximum atomic E-state index is 12.3. The van der Waals surface area contributed by atoms with Crippen LogP contribution in [-0.2, 0) is 11.8 Å². The third-order valence-electron chi connectivity index (χ3n) is 3.55. The quantitative estimate of drug-likeness (QED) is 0.821. The Bertz CT molecular complexity index is 818. The van der Waals surface area contributed by atoms with Crippen molar-refractivity contribution in [3.05, 3.63) is 41.1 Å². The van der Waals surface area contributed by atoms with Crippen molar-refractivity contribution in [2.45, 2.75) is 19.8 Å². The summed E-state index contributed by atoms with van der Waals surface area (Å²) in [6.45, 7) is 1.88. The van der Waals surface area contributed by atoms with Gasteiger partial charge < -0.3 is 10.1 Å². The number of carbonyl (C=O) groups is 2. The van der Waals surface area contributed by atoms with Crippen molar-refractivity contribution in [3.63, 3.8) is 0 Å². The number of carbonyl (C=O) groups excluding carboxylic acids is 2. The fraction of sp³-hybridized carbons (Fsp3) is 0.294. The lowest BCUT2D eigenvalue weighted by molar-refractivity contribution is -0.116. The average molecular weight is 326 g/mol. The molecule has 1 N–H and O–H groups in total. The van der Waals surface area contributed by atoms with E-state index in [0.717, 1.165) is 5.56 Å². The molecule has 7 heteroatoms. The lowest BCUT2D eigenvalue weighted by Gasteiger charge is -2.09. The second-order valence-corrected chi connectivity index (χ2v) is 5.32. The molecular formula is C17H18N4O3. The van der Waals surface area contributed by atoms with Gasteiger partial charge in [0.2, 0.25) is 5.91 Å². The fourth-order valence-electron chi connectivity index (χ4n) is 2.26. The number of ketones is 1. The molecule has 0 aliphatic carbocycles. The second kappa shape index (κ2) is 7.42. The topological polar surface area (TPSA) is 97.0 Å². The summed E-state index contributed by atoms with van der Waals surface area (Å²) in [5, 5.41) is 15.5. The molecule has 2 rings (SSSR count). The number of aryl methyl sites for hydroxylation is 2. The Morgan fingerprint density at radius 1 is 1.38 bits per heavy atom. The van der Waals surface area contributed by atoms with Crippen molar-refractivity contribution in [3.8, 4) is 11.8 Å². The van der Waals surface area contributed by atoms with Crippen LogP contribution in [0.15, 0.2) is 24.4 Å². The van der Waals surface area contributed by atoms with E-state index in [-0.39, 0.29) is 30.1 Å². The van der Waals surface area contributed by atoms with E-state index in [2.05, 4.69) is 10.4 Å². The molecule has 24 heavy (non-hydrogen) atoms. The molecule has 0 unspecified atom stereocenters. The van der Waals surface area contributed by atoms with Gasteiger partial charge in [0, 0.05) is 19.9 Å². The standard InChI is InChI=1S/C17H18N4O3/c1-11-4-6-15(24-3)13(8-11)14(22)5-7-16(23)20-17-12(9-18)10-19-21(17)2/h4,6,8,10H,5,7H2,1-3H3,(H,20,23). The number of nitrogens with one attached hydrogen (secondary N) is 1. The van der Waals surface area contributed by atoms with Gasteiger partial charge in [0.05, 0.1) is 18.9 Å². The number of methoxy groups -OCH3 is 1. The maximum Gasteiger partial charge on any atom is 0.226 e. The first-order valence-corrected chi connectivity index (χ1v) is 7.36. The molecule has 0 spiro atoms. The van der Waals surface area contributed by atoms with Gasteiger partial charge in [-0.1, -0.05) is 11.6 Å². The number of amides is 1. The molecule has 0 aliphatic rings. The number of nitrogens with zero attached hydrogens (tertiary/aromatic N) is 3. The molecule has 124 valence electrons. The highest BCUT2D eigenvalue weighted by Crippen LogP contribution is 2.22. The zero-order valence-electron chi connectivity index (χ0n) is 13.8. The van der Waals surface area contributed by atoms with Crippen LogP contribution < -0.4 is 10.1 Å². The van der Waals surface area contributed by atoms with E-state index in [4.69, 9.17) is 10.00 Å². The van der Waals surface area contributed by atoms with Crippen LogP contribution in [-0.4, -0.2) is 28.6 Å². The molecule has 0 saturated heterocycles. The first-order chi connectivity index (χ1) is 11.5. The lowest BCUT2D eigenvalue weighted by atomic mass is 10.0. The molecule has 0 atom stereocenters. The third-order valence-corrected chi connectivity index (χ3v) is 3.55. The summed E-state index contributed by atoms with van der Waals surface area (Å²) in [6, 6.07) is 7.29. The monoisotopic (exact) mass is 326 g/mol. The van der Waals surface area contributed by atoms with E-state index >= 15 is 0 Å². The van der Waals surface area contributed by atoms with Crippen LogP contribution in [0.1, 0.15) is 34.3 Å².